The summed E-state index contributed by atoms with van der Waals surface area (Å²) >= 11 is 0. The molecule has 1 unspecified atom stereocenters. The summed E-state index contributed by atoms with van der Waals surface area (Å²) in [6.45, 7) is 1.68. The highest BCUT2D eigenvalue weighted by atomic mass is 19.1. The summed E-state index contributed by atoms with van der Waals surface area (Å²) in [4.78, 5) is 11.6. The molecular formula is C15H12FNO2. The molecule has 0 fully saturated rings. The van der Waals surface area contributed by atoms with E-state index >= 15 is 0 Å². The molecule has 1 N–H and O–H groups in total. The minimum absolute atomic E-state index is 0.196. The molecule has 0 radical (unpaired) electrons. The van der Waals surface area contributed by atoms with Crippen LogP contribution in [0.2, 0.25) is 0 Å². The van der Waals surface area contributed by atoms with Crippen LogP contribution in [0, 0.1) is 5.82 Å². The van der Waals surface area contributed by atoms with Crippen LogP contribution in [0.15, 0.2) is 42.5 Å². The average molecular weight is 257 g/mol. The molecule has 1 aliphatic heterocycles. The van der Waals surface area contributed by atoms with Gasteiger partial charge in [0.1, 0.15) is 11.6 Å². The molecule has 1 amide bonds. The molecule has 19 heavy (non-hydrogen) atoms. The Morgan fingerprint density at radius 2 is 2.00 bits per heavy atom. The quantitative estimate of drug-likeness (QED) is 0.851. The number of fused-ring (bicyclic) bond motifs is 1. The van der Waals surface area contributed by atoms with Crippen LogP contribution in [0.4, 0.5) is 10.1 Å². The number of carbonyl (C=O) groups excluding carboxylic acids is 1. The predicted molar refractivity (Wildman–Crippen MR) is 70.6 cm³/mol. The van der Waals surface area contributed by atoms with Gasteiger partial charge in [0.05, 0.1) is 5.69 Å². The first kappa shape index (κ1) is 11.7. The number of rotatable bonds is 1. The van der Waals surface area contributed by atoms with Gasteiger partial charge >= 0.3 is 0 Å². The second-order valence-corrected chi connectivity index (χ2v) is 4.44. The predicted octanol–water partition coefficient (Wildman–Crippen LogP) is 3.21. The lowest BCUT2D eigenvalue weighted by molar-refractivity contribution is -0.122. The third-order valence-electron chi connectivity index (χ3n) is 3.10. The number of hydrogen-bond acceptors (Lipinski definition) is 2. The van der Waals surface area contributed by atoms with Crippen molar-refractivity contribution in [3.05, 3.63) is 48.3 Å². The van der Waals surface area contributed by atoms with E-state index in [-0.39, 0.29) is 11.7 Å². The number of ether oxygens (including phenoxy) is 1. The molecule has 3 rings (SSSR count). The van der Waals surface area contributed by atoms with Crippen molar-refractivity contribution in [1.82, 2.24) is 0 Å². The molecule has 4 heteroatoms. The number of hydrogen-bond donors (Lipinski definition) is 1. The zero-order chi connectivity index (χ0) is 13.4. The number of halogens is 1. The van der Waals surface area contributed by atoms with Gasteiger partial charge in [-0.05, 0) is 30.7 Å². The van der Waals surface area contributed by atoms with Crippen LogP contribution in [0.5, 0.6) is 5.75 Å². The summed E-state index contributed by atoms with van der Waals surface area (Å²) in [5, 5.41) is 2.75. The number of benzene rings is 2. The maximum absolute atomic E-state index is 13.7. The Labute approximate surface area is 110 Å². The second-order valence-electron chi connectivity index (χ2n) is 4.44. The van der Waals surface area contributed by atoms with Crippen molar-refractivity contribution >= 4 is 11.6 Å². The highest BCUT2D eigenvalue weighted by Gasteiger charge is 2.23. The average Bonchev–Trinajstić information content (AvgIpc) is 2.40. The van der Waals surface area contributed by atoms with E-state index in [2.05, 4.69) is 5.32 Å². The summed E-state index contributed by atoms with van der Waals surface area (Å²) in [5.74, 6) is 0.115. The Morgan fingerprint density at radius 3 is 2.79 bits per heavy atom. The fraction of sp³-hybridized carbons (Fsp3) is 0.133. The van der Waals surface area contributed by atoms with Crippen LogP contribution in [-0.2, 0) is 4.79 Å². The molecule has 0 saturated carbocycles. The van der Waals surface area contributed by atoms with Gasteiger partial charge in [-0.15, -0.1) is 0 Å². The normalized spacial score (nSPS) is 17.4. The number of nitrogens with one attached hydrogen (secondary N) is 1. The van der Waals surface area contributed by atoms with E-state index in [0.717, 1.165) is 0 Å². The molecule has 0 aliphatic carbocycles. The minimum Gasteiger partial charge on any atom is -0.479 e. The first-order valence-corrected chi connectivity index (χ1v) is 6.01. The molecule has 0 saturated heterocycles. The number of anilines is 1. The van der Waals surface area contributed by atoms with Crippen molar-refractivity contribution in [3.8, 4) is 16.9 Å². The maximum Gasteiger partial charge on any atom is 0.265 e. The summed E-state index contributed by atoms with van der Waals surface area (Å²) in [7, 11) is 0. The van der Waals surface area contributed by atoms with Crippen molar-refractivity contribution in [3.63, 3.8) is 0 Å². The van der Waals surface area contributed by atoms with Crippen molar-refractivity contribution in [2.45, 2.75) is 13.0 Å². The van der Waals surface area contributed by atoms with Gasteiger partial charge in [-0.2, -0.15) is 0 Å². The van der Waals surface area contributed by atoms with Crippen LogP contribution in [0.3, 0.4) is 0 Å². The molecule has 0 spiro atoms. The zero-order valence-corrected chi connectivity index (χ0v) is 10.3. The van der Waals surface area contributed by atoms with Gasteiger partial charge in [-0.1, -0.05) is 24.3 Å². The van der Waals surface area contributed by atoms with E-state index in [4.69, 9.17) is 4.74 Å². The lowest BCUT2D eigenvalue weighted by Crippen LogP contribution is -2.34. The van der Waals surface area contributed by atoms with Gasteiger partial charge in [-0.25, -0.2) is 4.39 Å². The fourth-order valence-corrected chi connectivity index (χ4v) is 2.07. The van der Waals surface area contributed by atoms with E-state index in [0.29, 0.717) is 22.6 Å². The SMILES string of the molecule is CC1Oc2ccc(-c3ccccc3F)cc2NC1=O. The number of amides is 1. The van der Waals surface area contributed by atoms with Crippen LogP contribution in [-0.4, -0.2) is 12.0 Å². The molecule has 2 aromatic carbocycles. The zero-order valence-electron chi connectivity index (χ0n) is 10.3. The van der Waals surface area contributed by atoms with Gasteiger partial charge in [0.2, 0.25) is 0 Å². The van der Waals surface area contributed by atoms with Crippen molar-refractivity contribution < 1.29 is 13.9 Å². The maximum atomic E-state index is 13.7. The molecule has 0 bridgehead atoms. The summed E-state index contributed by atoms with van der Waals surface area (Å²) < 4.78 is 19.2. The first-order valence-electron chi connectivity index (χ1n) is 6.01. The van der Waals surface area contributed by atoms with Gasteiger partial charge in [0.25, 0.3) is 5.91 Å². The Kier molecular flexibility index (Phi) is 2.71. The van der Waals surface area contributed by atoms with Crippen molar-refractivity contribution in [1.29, 1.82) is 0 Å². The van der Waals surface area contributed by atoms with Crippen LogP contribution < -0.4 is 10.1 Å². The van der Waals surface area contributed by atoms with Gasteiger partial charge in [-0.3, -0.25) is 4.79 Å². The third-order valence-corrected chi connectivity index (χ3v) is 3.10. The molecular weight excluding hydrogens is 245 g/mol. The Bertz CT molecular complexity index is 654. The largest absolute Gasteiger partial charge is 0.479 e. The van der Waals surface area contributed by atoms with E-state index in [1.807, 2.05) is 0 Å². The molecule has 1 atom stereocenters. The Hall–Kier alpha value is -2.36. The molecule has 0 aromatic heterocycles. The summed E-state index contributed by atoms with van der Waals surface area (Å²) in [6.07, 6.45) is -0.508. The van der Waals surface area contributed by atoms with Crippen LogP contribution >= 0.6 is 0 Å². The highest BCUT2D eigenvalue weighted by Crippen LogP contribution is 2.34. The Morgan fingerprint density at radius 1 is 1.21 bits per heavy atom. The van der Waals surface area contributed by atoms with Crippen molar-refractivity contribution in [2.75, 3.05) is 5.32 Å². The molecule has 3 nitrogen and oxygen atoms in total. The molecule has 96 valence electrons. The van der Waals surface area contributed by atoms with Gasteiger partial charge < -0.3 is 10.1 Å². The lowest BCUT2D eigenvalue weighted by Gasteiger charge is -2.23. The topological polar surface area (TPSA) is 38.3 Å². The standard InChI is InChI=1S/C15H12FNO2/c1-9-15(18)17-13-8-10(6-7-14(13)19-9)11-4-2-3-5-12(11)16/h2-9H,1H3,(H,17,18). The molecule has 1 heterocycles. The van der Waals surface area contributed by atoms with Crippen LogP contribution in [0.25, 0.3) is 11.1 Å². The van der Waals surface area contributed by atoms with Crippen molar-refractivity contribution in [2.24, 2.45) is 0 Å². The van der Waals surface area contributed by atoms with E-state index < -0.39 is 6.10 Å². The lowest BCUT2D eigenvalue weighted by atomic mass is 10.0. The van der Waals surface area contributed by atoms with Crippen LogP contribution in [0.1, 0.15) is 6.92 Å². The summed E-state index contributed by atoms with van der Waals surface area (Å²) in [5.41, 5.74) is 1.78. The molecule has 1 aliphatic rings. The minimum atomic E-state index is -0.508. The summed E-state index contributed by atoms with van der Waals surface area (Å²) in [6, 6.07) is 11.8. The van der Waals surface area contributed by atoms with E-state index in [1.165, 1.54) is 6.07 Å². The molecule has 2 aromatic rings. The van der Waals surface area contributed by atoms with Gasteiger partial charge in [0, 0.05) is 5.56 Å². The smallest absolute Gasteiger partial charge is 0.265 e. The van der Waals surface area contributed by atoms with E-state index in [9.17, 15) is 9.18 Å². The monoisotopic (exact) mass is 257 g/mol. The van der Waals surface area contributed by atoms with E-state index in [1.54, 1.807) is 43.3 Å². The number of carbonyl (C=O) groups is 1. The second kappa shape index (κ2) is 4.39. The van der Waals surface area contributed by atoms with Gasteiger partial charge in [0.15, 0.2) is 6.10 Å². The highest BCUT2D eigenvalue weighted by molar-refractivity contribution is 5.98. The first-order chi connectivity index (χ1) is 9.15. The third kappa shape index (κ3) is 2.05. The Balaban J connectivity index is 2.05. The fourth-order valence-electron chi connectivity index (χ4n) is 2.07.